The van der Waals surface area contributed by atoms with Gasteiger partial charge in [0.25, 0.3) is 5.56 Å². The monoisotopic (exact) mass is 496 g/mol. The van der Waals surface area contributed by atoms with Gasteiger partial charge in [-0.25, -0.2) is 4.79 Å². The molecule has 1 aromatic heterocycles. The number of hydrogen-bond acceptors (Lipinski definition) is 5. The minimum absolute atomic E-state index is 0.103. The summed E-state index contributed by atoms with van der Waals surface area (Å²) in [5.41, 5.74) is 1.30. The molecule has 35 heavy (non-hydrogen) atoms. The summed E-state index contributed by atoms with van der Waals surface area (Å²) < 4.78 is 17.7. The van der Waals surface area contributed by atoms with Crippen LogP contribution in [-0.4, -0.2) is 30.5 Å². The molecule has 0 aliphatic carbocycles. The summed E-state index contributed by atoms with van der Waals surface area (Å²) in [6.07, 6.45) is 2.98. The van der Waals surface area contributed by atoms with Gasteiger partial charge in [-0.05, 0) is 68.8 Å². The van der Waals surface area contributed by atoms with Crippen LogP contribution >= 0.6 is 11.6 Å². The predicted octanol–water partition coefficient (Wildman–Crippen LogP) is 6.08. The molecule has 0 atom stereocenters. The zero-order chi connectivity index (χ0) is 25.6. The SMILES string of the molecule is COc1ccc(Cn2c(/C=C/c3cccc(Cl)c3)ccc(NC(=O)OC(C)(C)C)c2=O)c(OC)c1. The van der Waals surface area contributed by atoms with Crippen LogP contribution in [0.1, 0.15) is 37.6 Å². The number of amides is 1. The van der Waals surface area contributed by atoms with E-state index in [4.69, 9.17) is 25.8 Å². The van der Waals surface area contributed by atoms with Gasteiger partial charge in [0.1, 0.15) is 22.8 Å². The molecule has 3 rings (SSSR count). The predicted molar refractivity (Wildman–Crippen MR) is 140 cm³/mol. The van der Waals surface area contributed by atoms with Gasteiger partial charge in [0, 0.05) is 22.3 Å². The Morgan fingerprint density at radius 3 is 2.46 bits per heavy atom. The summed E-state index contributed by atoms with van der Waals surface area (Å²) >= 11 is 6.10. The average molecular weight is 497 g/mol. The molecule has 0 radical (unpaired) electrons. The molecule has 0 fully saturated rings. The quantitative estimate of drug-likeness (QED) is 0.428. The van der Waals surface area contributed by atoms with Crippen molar-refractivity contribution >= 4 is 35.5 Å². The van der Waals surface area contributed by atoms with Crippen molar-refractivity contribution in [1.82, 2.24) is 4.57 Å². The van der Waals surface area contributed by atoms with Crippen molar-refractivity contribution in [3.8, 4) is 11.5 Å². The average Bonchev–Trinajstić information content (AvgIpc) is 2.80. The number of ether oxygens (including phenoxy) is 3. The maximum Gasteiger partial charge on any atom is 0.412 e. The van der Waals surface area contributed by atoms with Crippen molar-refractivity contribution in [1.29, 1.82) is 0 Å². The molecule has 0 saturated heterocycles. The second-order valence-electron chi connectivity index (χ2n) is 8.76. The number of methoxy groups -OCH3 is 2. The van der Waals surface area contributed by atoms with E-state index in [1.807, 2.05) is 36.4 Å². The first-order chi connectivity index (χ1) is 16.6. The lowest BCUT2D eigenvalue weighted by Gasteiger charge is -2.20. The fraction of sp³-hybridized carbons (Fsp3) is 0.259. The molecule has 3 aromatic rings. The molecule has 2 aromatic carbocycles. The molecule has 0 aliphatic rings. The lowest BCUT2D eigenvalue weighted by molar-refractivity contribution is 0.0635. The highest BCUT2D eigenvalue weighted by atomic mass is 35.5. The number of carbonyl (C=O) groups excluding carboxylic acids is 1. The van der Waals surface area contributed by atoms with E-state index < -0.39 is 11.7 Å². The first kappa shape index (κ1) is 25.9. The Bertz CT molecular complexity index is 1290. The molecule has 7 nitrogen and oxygen atoms in total. The molecular formula is C27H29ClN2O5. The molecule has 0 unspecified atom stereocenters. The summed E-state index contributed by atoms with van der Waals surface area (Å²) in [6.45, 7) is 5.46. The first-order valence-electron chi connectivity index (χ1n) is 11.0. The van der Waals surface area contributed by atoms with Crippen LogP contribution < -0.4 is 20.3 Å². The molecule has 0 saturated carbocycles. The van der Waals surface area contributed by atoms with Crippen LogP contribution in [0, 0.1) is 0 Å². The van der Waals surface area contributed by atoms with Gasteiger partial charge in [-0.2, -0.15) is 0 Å². The van der Waals surface area contributed by atoms with Crippen LogP contribution in [-0.2, 0) is 11.3 Å². The van der Waals surface area contributed by atoms with Crippen LogP contribution in [0.25, 0.3) is 12.2 Å². The Balaban J connectivity index is 2.04. The van der Waals surface area contributed by atoms with E-state index in [0.29, 0.717) is 22.2 Å². The number of nitrogens with zero attached hydrogens (tertiary/aromatic N) is 1. The van der Waals surface area contributed by atoms with Gasteiger partial charge in [0.05, 0.1) is 20.8 Å². The van der Waals surface area contributed by atoms with Gasteiger partial charge in [0.2, 0.25) is 0 Å². The van der Waals surface area contributed by atoms with E-state index in [-0.39, 0.29) is 17.8 Å². The van der Waals surface area contributed by atoms with Crippen LogP contribution in [0.2, 0.25) is 5.02 Å². The highest BCUT2D eigenvalue weighted by Gasteiger charge is 2.18. The largest absolute Gasteiger partial charge is 0.497 e. The second kappa shape index (κ2) is 11.1. The van der Waals surface area contributed by atoms with Gasteiger partial charge >= 0.3 is 6.09 Å². The van der Waals surface area contributed by atoms with Gasteiger partial charge in [0.15, 0.2) is 0 Å². The summed E-state index contributed by atoms with van der Waals surface area (Å²) in [5, 5.41) is 3.18. The molecule has 184 valence electrons. The van der Waals surface area contributed by atoms with Crippen molar-refractivity contribution in [2.24, 2.45) is 0 Å². The van der Waals surface area contributed by atoms with Crippen molar-refractivity contribution in [2.45, 2.75) is 32.9 Å². The zero-order valence-electron chi connectivity index (χ0n) is 20.4. The Hall–Kier alpha value is -3.71. The lowest BCUT2D eigenvalue weighted by Crippen LogP contribution is -2.31. The van der Waals surface area contributed by atoms with E-state index in [0.717, 1.165) is 11.1 Å². The number of hydrogen-bond donors (Lipinski definition) is 1. The number of carbonyl (C=O) groups is 1. The number of anilines is 1. The van der Waals surface area contributed by atoms with E-state index in [2.05, 4.69) is 5.32 Å². The van der Waals surface area contributed by atoms with E-state index >= 15 is 0 Å². The zero-order valence-corrected chi connectivity index (χ0v) is 21.2. The molecule has 1 heterocycles. The van der Waals surface area contributed by atoms with E-state index in [9.17, 15) is 9.59 Å². The van der Waals surface area contributed by atoms with Crippen molar-refractivity contribution in [2.75, 3.05) is 19.5 Å². The standard InChI is InChI=1S/C27H29ClN2O5/c1-27(2,3)35-26(32)29-23-14-12-21(11-9-18-7-6-8-20(28)15-18)30(25(23)31)17-19-10-13-22(33-4)16-24(19)34-5/h6-16H,17H2,1-5H3,(H,29,32)/b11-9+. The molecule has 0 bridgehead atoms. The Morgan fingerprint density at radius 1 is 1.03 bits per heavy atom. The van der Waals surface area contributed by atoms with Crippen molar-refractivity contribution in [3.05, 3.63) is 86.8 Å². The third-order valence-corrected chi connectivity index (χ3v) is 5.20. The van der Waals surface area contributed by atoms with Crippen molar-refractivity contribution < 1.29 is 19.0 Å². The number of halogens is 1. The number of benzene rings is 2. The highest BCUT2D eigenvalue weighted by molar-refractivity contribution is 6.30. The van der Waals surface area contributed by atoms with Gasteiger partial charge in [-0.3, -0.25) is 10.1 Å². The van der Waals surface area contributed by atoms with Gasteiger partial charge < -0.3 is 18.8 Å². The molecule has 0 aliphatic heterocycles. The maximum absolute atomic E-state index is 13.5. The van der Waals surface area contributed by atoms with Crippen LogP contribution in [0.15, 0.2) is 59.4 Å². The van der Waals surface area contributed by atoms with Gasteiger partial charge in [-0.1, -0.05) is 29.8 Å². The summed E-state index contributed by atoms with van der Waals surface area (Å²) in [4.78, 5) is 25.8. The summed E-state index contributed by atoms with van der Waals surface area (Å²) in [6, 6.07) is 16.1. The number of pyridine rings is 1. The van der Waals surface area contributed by atoms with Crippen LogP contribution in [0.3, 0.4) is 0 Å². The highest BCUT2D eigenvalue weighted by Crippen LogP contribution is 2.26. The fourth-order valence-electron chi connectivity index (χ4n) is 3.35. The van der Waals surface area contributed by atoms with Crippen LogP contribution in [0.5, 0.6) is 11.5 Å². The topological polar surface area (TPSA) is 78.8 Å². The summed E-state index contributed by atoms with van der Waals surface area (Å²) in [5.74, 6) is 1.21. The third kappa shape index (κ3) is 7.13. The molecule has 1 amide bonds. The maximum atomic E-state index is 13.5. The van der Waals surface area contributed by atoms with Gasteiger partial charge in [-0.15, -0.1) is 0 Å². The number of nitrogens with one attached hydrogen (secondary N) is 1. The Labute approximate surface area is 209 Å². The minimum Gasteiger partial charge on any atom is -0.497 e. The third-order valence-electron chi connectivity index (χ3n) is 4.96. The molecule has 0 spiro atoms. The molecule has 1 N–H and O–H groups in total. The van der Waals surface area contributed by atoms with E-state index in [1.165, 1.54) is 0 Å². The smallest absolute Gasteiger partial charge is 0.412 e. The minimum atomic E-state index is -0.703. The molecular weight excluding hydrogens is 468 g/mol. The first-order valence-corrected chi connectivity index (χ1v) is 11.4. The number of aromatic nitrogens is 1. The second-order valence-corrected chi connectivity index (χ2v) is 9.19. The molecule has 8 heteroatoms. The lowest BCUT2D eigenvalue weighted by atomic mass is 10.1. The van der Waals surface area contributed by atoms with Crippen LogP contribution in [0.4, 0.5) is 10.5 Å². The Kier molecular flexibility index (Phi) is 8.25. The van der Waals surface area contributed by atoms with Crippen molar-refractivity contribution in [3.63, 3.8) is 0 Å². The van der Waals surface area contributed by atoms with E-state index in [1.54, 1.807) is 69.9 Å². The summed E-state index contributed by atoms with van der Waals surface area (Å²) in [7, 11) is 3.13. The number of rotatable bonds is 7. The fourth-order valence-corrected chi connectivity index (χ4v) is 3.55. The Morgan fingerprint density at radius 2 is 1.80 bits per heavy atom. The normalized spacial score (nSPS) is 11.4.